The minimum atomic E-state index is -0.168. The van der Waals surface area contributed by atoms with E-state index in [2.05, 4.69) is 16.8 Å². The highest BCUT2D eigenvalue weighted by atomic mass is 16.5. The summed E-state index contributed by atoms with van der Waals surface area (Å²) < 4.78 is 10.6. The van der Waals surface area contributed by atoms with Crippen LogP contribution in [0, 0.1) is 0 Å². The van der Waals surface area contributed by atoms with Crippen LogP contribution >= 0.6 is 0 Å². The first-order valence-corrected chi connectivity index (χ1v) is 9.33. The summed E-state index contributed by atoms with van der Waals surface area (Å²) in [6.07, 6.45) is 0.764. The Kier molecular flexibility index (Phi) is 6.01. The number of hydrogen-bond acceptors (Lipinski definition) is 5. The van der Waals surface area contributed by atoms with E-state index < -0.39 is 0 Å². The number of carbonyl (C=O) groups is 1. The Morgan fingerprint density at radius 3 is 2.37 bits per heavy atom. The quantitative estimate of drug-likeness (QED) is 0.833. The van der Waals surface area contributed by atoms with Crippen molar-refractivity contribution in [3.8, 4) is 11.5 Å². The van der Waals surface area contributed by atoms with E-state index in [1.54, 1.807) is 20.3 Å². The van der Waals surface area contributed by atoms with Gasteiger partial charge in [0.2, 0.25) is 5.91 Å². The van der Waals surface area contributed by atoms with Crippen LogP contribution in [0.2, 0.25) is 0 Å². The van der Waals surface area contributed by atoms with Crippen LogP contribution in [-0.2, 0) is 11.2 Å². The summed E-state index contributed by atoms with van der Waals surface area (Å²) in [5.41, 5.74) is 1.12. The lowest BCUT2D eigenvalue weighted by Crippen LogP contribution is -2.48. The molecule has 1 aromatic heterocycles. The lowest BCUT2D eigenvalue weighted by Gasteiger charge is -2.34. The van der Waals surface area contributed by atoms with Gasteiger partial charge in [0.05, 0.1) is 19.7 Å². The molecule has 2 heterocycles. The summed E-state index contributed by atoms with van der Waals surface area (Å²) in [7, 11) is 3.13. The molecule has 27 heavy (non-hydrogen) atoms. The number of fused-ring (bicyclic) bond motifs is 1. The molecule has 0 unspecified atom stereocenters. The van der Waals surface area contributed by atoms with E-state index >= 15 is 0 Å². The first-order valence-electron chi connectivity index (χ1n) is 9.33. The van der Waals surface area contributed by atoms with Gasteiger partial charge in [-0.3, -0.25) is 9.59 Å². The minimum Gasteiger partial charge on any atom is -0.493 e. The van der Waals surface area contributed by atoms with Crippen molar-refractivity contribution >= 4 is 16.8 Å². The summed E-state index contributed by atoms with van der Waals surface area (Å²) in [6.45, 7) is 6.51. The normalized spacial score (nSPS) is 15.1. The fourth-order valence-corrected chi connectivity index (χ4v) is 3.48. The topological polar surface area (TPSA) is 74.9 Å². The van der Waals surface area contributed by atoms with Gasteiger partial charge >= 0.3 is 0 Å². The van der Waals surface area contributed by atoms with Gasteiger partial charge in [0.15, 0.2) is 11.5 Å². The lowest BCUT2D eigenvalue weighted by molar-refractivity contribution is -0.132. The average Bonchev–Trinajstić information content (AvgIpc) is 2.71. The number of nitrogens with zero attached hydrogens (tertiary/aromatic N) is 2. The predicted molar refractivity (Wildman–Crippen MR) is 105 cm³/mol. The molecule has 0 atom stereocenters. The Bertz CT molecular complexity index is 869. The average molecular weight is 373 g/mol. The van der Waals surface area contributed by atoms with Gasteiger partial charge in [0.25, 0.3) is 5.56 Å². The van der Waals surface area contributed by atoms with Gasteiger partial charge in [0.1, 0.15) is 0 Å². The van der Waals surface area contributed by atoms with Crippen LogP contribution in [0.5, 0.6) is 11.5 Å². The van der Waals surface area contributed by atoms with Crippen molar-refractivity contribution in [3.63, 3.8) is 0 Å². The molecule has 1 aliphatic rings. The number of pyridine rings is 1. The van der Waals surface area contributed by atoms with Crippen molar-refractivity contribution in [1.29, 1.82) is 0 Å². The smallest absolute Gasteiger partial charge is 0.251 e. The summed E-state index contributed by atoms with van der Waals surface area (Å²) in [5.74, 6) is 1.28. The number of likely N-dealkylation sites (N-methyl/N-ethyl adjacent to an activating group) is 1. The SMILES string of the molecule is CCN1CCN(C(=O)CCc2cc3cc(OC)c(OC)cc3[nH]c2=O)CC1. The van der Waals surface area contributed by atoms with Crippen LogP contribution in [0.15, 0.2) is 23.0 Å². The Morgan fingerprint density at radius 2 is 1.74 bits per heavy atom. The molecule has 1 amide bonds. The van der Waals surface area contributed by atoms with Gasteiger partial charge < -0.3 is 24.3 Å². The summed E-state index contributed by atoms with van der Waals surface area (Å²) in [6, 6.07) is 5.41. The van der Waals surface area contributed by atoms with Crippen molar-refractivity contribution in [2.45, 2.75) is 19.8 Å². The number of amides is 1. The first kappa shape index (κ1) is 19.2. The van der Waals surface area contributed by atoms with Crippen molar-refractivity contribution in [1.82, 2.24) is 14.8 Å². The second kappa shape index (κ2) is 8.43. The molecule has 0 radical (unpaired) electrons. The zero-order chi connectivity index (χ0) is 19.4. The number of methoxy groups -OCH3 is 2. The maximum Gasteiger partial charge on any atom is 0.251 e. The molecule has 2 aromatic rings. The van der Waals surface area contributed by atoms with Crippen LogP contribution in [-0.4, -0.2) is 67.6 Å². The molecule has 1 N–H and O–H groups in total. The lowest BCUT2D eigenvalue weighted by atomic mass is 10.1. The molecular weight excluding hydrogens is 346 g/mol. The van der Waals surface area contributed by atoms with E-state index in [0.717, 1.165) is 38.1 Å². The van der Waals surface area contributed by atoms with E-state index in [-0.39, 0.29) is 11.5 Å². The highest BCUT2D eigenvalue weighted by Gasteiger charge is 2.20. The third-order valence-electron chi connectivity index (χ3n) is 5.21. The molecule has 7 heteroatoms. The van der Waals surface area contributed by atoms with E-state index in [1.165, 1.54) is 0 Å². The Hall–Kier alpha value is -2.54. The number of piperazine rings is 1. The van der Waals surface area contributed by atoms with Crippen LogP contribution in [0.1, 0.15) is 18.9 Å². The number of ether oxygens (including phenoxy) is 2. The third kappa shape index (κ3) is 4.24. The number of aromatic nitrogens is 1. The van der Waals surface area contributed by atoms with E-state index in [0.29, 0.717) is 35.4 Å². The number of nitrogens with one attached hydrogen (secondary N) is 1. The standard InChI is InChI=1S/C20H27N3O4/c1-4-22-7-9-23(10-8-22)19(24)6-5-14-11-15-12-17(26-2)18(27-3)13-16(15)21-20(14)25/h11-13H,4-10H2,1-3H3,(H,21,25). The number of benzene rings is 1. The van der Waals surface area contributed by atoms with Gasteiger partial charge in [-0.1, -0.05) is 6.92 Å². The number of carbonyl (C=O) groups excluding carboxylic acids is 1. The van der Waals surface area contributed by atoms with E-state index in [4.69, 9.17) is 9.47 Å². The fraction of sp³-hybridized carbons (Fsp3) is 0.500. The summed E-state index contributed by atoms with van der Waals surface area (Å²) >= 11 is 0. The zero-order valence-electron chi connectivity index (χ0n) is 16.2. The van der Waals surface area contributed by atoms with E-state index in [9.17, 15) is 9.59 Å². The predicted octanol–water partition coefficient (Wildman–Crippen LogP) is 1.64. The van der Waals surface area contributed by atoms with Gasteiger partial charge in [-0.05, 0) is 25.1 Å². The third-order valence-corrected chi connectivity index (χ3v) is 5.21. The molecule has 3 rings (SSSR count). The Morgan fingerprint density at radius 1 is 1.07 bits per heavy atom. The molecule has 1 fully saturated rings. The van der Waals surface area contributed by atoms with Crippen molar-refractivity contribution < 1.29 is 14.3 Å². The second-order valence-corrected chi connectivity index (χ2v) is 6.73. The van der Waals surface area contributed by atoms with Crippen LogP contribution < -0.4 is 15.0 Å². The highest BCUT2D eigenvalue weighted by molar-refractivity contribution is 5.83. The number of aryl methyl sites for hydroxylation is 1. The van der Waals surface area contributed by atoms with Crippen LogP contribution in [0.25, 0.3) is 10.9 Å². The van der Waals surface area contributed by atoms with Gasteiger partial charge in [0, 0.05) is 49.6 Å². The summed E-state index contributed by atoms with van der Waals surface area (Å²) in [5, 5.41) is 0.853. The fourth-order valence-electron chi connectivity index (χ4n) is 3.48. The zero-order valence-corrected chi connectivity index (χ0v) is 16.2. The molecule has 0 aliphatic carbocycles. The molecule has 0 spiro atoms. The minimum absolute atomic E-state index is 0.109. The van der Waals surface area contributed by atoms with Crippen LogP contribution in [0.3, 0.4) is 0 Å². The van der Waals surface area contributed by atoms with Gasteiger partial charge in [-0.15, -0.1) is 0 Å². The van der Waals surface area contributed by atoms with Crippen LogP contribution in [0.4, 0.5) is 0 Å². The maximum absolute atomic E-state index is 12.5. The van der Waals surface area contributed by atoms with E-state index in [1.807, 2.05) is 17.0 Å². The molecule has 1 saturated heterocycles. The Balaban J connectivity index is 1.72. The van der Waals surface area contributed by atoms with Gasteiger partial charge in [-0.2, -0.15) is 0 Å². The molecule has 1 aromatic carbocycles. The molecule has 7 nitrogen and oxygen atoms in total. The Labute approximate surface area is 158 Å². The molecule has 0 bridgehead atoms. The molecule has 0 saturated carbocycles. The second-order valence-electron chi connectivity index (χ2n) is 6.73. The number of hydrogen-bond donors (Lipinski definition) is 1. The number of rotatable bonds is 6. The number of H-pyrrole nitrogens is 1. The molecule has 1 aliphatic heterocycles. The largest absolute Gasteiger partial charge is 0.493 e. The van der Waals surface area contributed by atoms with Crippen molar-refractivity contribution in [3.05, 3.63) is 34.1 Å². The maximum atomic E-state index is 12.5. The number of aromatic amines is 1. The highest BCUT2D eigenvalue weighted by Crippen LogP contribution is 2.31. The first-order chi connectivity index (χ1) is 13.0. The van der Waals surface area contributed by atoms with Crippen molar-refractivity contribution in [2.75, 3.05) is 46.9 Å². The van der Waals surface area contributed by atoms with Gasteiger partial charge in [-0.25, -0.2) is 0 Å². The summed E-state index contributed by atoms with van der Waals surface area (Å²) in [4.78, 5) is 32.0. The van der Waals surface area contributed by atoms with Crippen molar-refractivity contribution in [2.24, 2.45) is 0 Å². The molecular formula is C20H27N3O4. The monoisotopic (exact) mass is 373 g/mol. The molecule has 146 valence electrons.